The van der Waals surface area contributed by atoms with Crippen LogP contribution in [-0.2, 0) is 11.2 Å². The van der Waals surface area contributed by atoms with Gasteiger partial charge < -0.3 is 15.5 Å². The molecule has 0 bridgehead atoms. The summed E-state index contributed by atoms with van der Waals surface area (Å²) in [5.74, 6) is 1.50. The van der Waals surface area contributed by atoms with Gasteiger partial charge in [0.2, 0.25) is 5.91 Å². The Labute approximate surface area is 166 Å². The molecule has 7 heteroatoms. The van der Waals surface area contributed by atoms with Crippen molar-refractivity contribution in [2.24, 2.45) is 10.9 Å². The quantitative estimate of drug-likeness (QED) is 0.426. The maximum atomic E-state index is 12.6. The van der Waals surface area contributed by atoms with E-state index in [-0.39, 0.29) is 5.92 Å². The highest BCUT2D eigenvalue weighted by atomic mass is 32.1. The number of thiazole rings is 1. The smallest absolute Gasteiger partial charge is 0.225 e. The Morgan fingerprint density at radius 3 is 2.85 bits per heavy atom. The zero-order valence-corrected chi connectivity index (χ0v) is 17.5. The van der Waals surface area contributed by atoms with E-state index in [1.165, 1.54) is 17.8 Å². The third kappa shape index (κ3) is 5.92. The van der Waals surface area contributed by atoms with E-state index in [1.54, 1.807) is 11.3 Å². The van der Waals surface area contributed by atoms with E-state index in [2.05, 4.69) is 30.9 Å². The van der Waals surface area contributed by atoms with Crippen LogP contribution in [0.15, 0.2) is 10.4 Å². The van der Waals surface area contributed by atoms with Crippen molar-refractivity contribution in [1.29, 1.82) is 0 Å². The van der Waals surface area contributed by atoms with E-state index < -0.39 is 0 Å². The Hall–Kier alpha value is -1.63. The van der Waals surface area contributed by atoms with Gasteiger partial charge in [0, 0.05) is 49.7 Å². The third-order valence-corrected chi connectivity index (χ3v) is 6.57. The number of hydrogen-bond acceptors (Lipinski definition) is 4. The zero-order valence-electron chi connectivity index (χ0n) is 16.7. The number of aliphatic imine (C=N–C) groups is 1. The number of amides is 1. The fourth-order valence-corrected chi connectivity index (χ4v) is 4.84. The molecule has 2 heterocycles. The molecule has 1 saturated heterocycles. The summed E-state index contributed by atoms with van der Waals surface area (Å²) in [4.78, 5) is 23.5. The number of aryl methyl sites for hydroxylation is 2. The Balaban J connectivity index is 1.32. The van der Waals surface area contributed by atoms with Crippen molar-refractivity contribution in [1.82, 2.24) is 20.5 Å². The fourth-order valence-electron chi connectivity index (χ4n) is 4.02. The van der Waals surface area contributed by atoms with Gasteiger partial charge in [0.25, 0.3) is 0 Å². The fraction of sp³-hybridized carbons (Fsp3) is 0.750. The van der Waals surface area contributed by atoms with Crippen LogP contribution in [0.5, 0.6) is 0 Å². The predicted octanol–water partition coefficient (Wildman–Crippen LogP) is 2.73. The van der Waals surface area contributed by atoms with Crippen LogP contribution < -0.4 is 10.6 Å². The summed E-state index contributed by atoms with van der Waals surface area (Å²) in [5.41, 5.74) is 1.12. The van der Waals surface area contributed by atoms with Gasteiger partial charge in [-0.3, -0.25) is 9.79 Å². The molecule has 0 aromatic carbocycles. The average Bonchev–Trinajstić information content (AvgIpc) is 3.42. The van der Waals surface area contributed by atoms with E-state index in [0.29, 0.717) is 11.9 Å². The van der Waals surface area contributed by atoms with Gasteiger partial charge in [-0.25, -0.2) is 4.98 Å². The number of nitrogens with one attached hydrogen (secondary N) is 2. The summed E-state index contributed by atoms with van der Waals surface area (Å²) in [6.07, 6.45) is 8.86. The number of rotatable bonds is 7. The lowest BCUT2D eigenvalue weighted by Gasteiger charge is -2.21. The first-order chi connectivity index (χ1) is 13.2. The summed E-state index contributed by atoms with van der Waals surface area (Å²) in [6.45, 7) is 4.63. The summed E-state index contributed by atoms with van der Waals surface area (Å²) < 4.78 is 0. The first-order valence-corrected chi connectivity index (χ1v) is 11.2. The molecule has 150 valence electrons. The number of likely N-dealkylation sites (tertiary alicyclic amines) is 1. The maximum Gasteiger partial charge on any atom is 0.225 e. The normalized spacial score (nSPS) is 21.0. The van der Waals surface area contributed by atoms with Gasteiger partial charge >= 0.3 is 0 Å². The van der Waals surface area contributed by atoms with Crippen LogP contribution in [0.25, 0.3) is 0 Å². The molecule has 1 aliphatic carbocycles. The molecule has 1 aromatic rings. The molecule has 27 heavy (non-hydrogen) atoms. The van der Waals surface area contributed by atoms with Crippen LogP contribution in [0.2, 0.25) is 0 Å². The molecule has 2 N–H and O–H groups in total. The first-order valence-electron chi connectivity index (χ1n) is 10.3. The van der Waals surface area contributed by atoms with Crippen LogP contribution in [0.1, 0.15) is 55.6 Å². The summed E-state index contributed by atoms with van der Waals surface area (Å²) >= 11 is 1.75. The number of unbranched alkanes of at least 4 members (excludes halogenated alkanes) is 1. The molecular formula is C20H33N5OS. The number of aromatic nitrogens is 1. The Bertz CT molecular complexity index is 638. The monoisotopic (exact) mass is 391 g/mol. The number of guanidine groups is 1. The van der Waals surface area contributed by atoms with Gasteiger partial charge in [-0.1, -0.05) is 12.8 Å². The standard InChI is InChI=1S/C20H33N5OS/c1-15-14-27-18(23-15)9-5-6-11-22-20(21-2)24-17-10-12-25(13-17)19(26)16-7-3-4-8-16/h14,16-17H,3-13H2,1-2H3,(H2,21,22,24). The molecule has 1 amide bonds. The third-order valence-electron chi connectivity index (χ3n) is 5.55. The van der Waals surface area contributed by atoms with Crippen LogP contribution in [0, 0.1) is 12.8 Å². The molecule has 3 rings (SSSR count). The predicted molar refractivity (Wildman–Crippen MR) is 111 cm³/mol. The van der Waals surface area contributed by atoms with E-state index >= 15 is 0 Å². The minimum atomic E-state index is 0.280. The van der Waals surface area contributed by atoms with Crippen molar-refractivity contribution in [2.75, 3.05) is 26.7 Å². The largest absolute Gasteiger partial charge is 0.356 e. The highest BCUT2D eigenvalue weighted by molar-refractivity contribution is 7.09. The molecular weight excluding hydrogens is 358 g/mol. The Morgan fingerprint density at radius 1 is 1.33 bits per heavy atom. The van der Waals surface area contributed by atoms with Crippen LogP contribution in [-0.4, -0.2) is 54.5 Å². The molecule has 1 aliphatic heterocycles. The Kier molecular flexibility index (Phi) is 7.50. The Morgan fingerprint density at radius 2 is 2.15 bits per heavy atom. The minimum Gasteiger partial charge on any atom is -0.356 e. The van der Waals surface area contributed by atoms with Crippen LogP contribution in [0.3, 0.4) is 0 Å². The second-order valence-electron chi connectivity index (χ2n) is 7.73. The number of carbonyl (C=O) groups is 1. The summed E-state index contributed by atoms with van der Waals surface area (Å²) in [6, 6.07) is 0.305. The molecule has 1 unspecified atom stereocenters. The lowest BCUT2D eigenvalue weighted by Crippen LogP contribution is -2.45. The van der Waals surface area contributed by atoms with Gasteiger partial charge in [-0.05, 0) is 45.4 Å². The van der Waals surface area contributed by atoms with Gasteiger partial charge in [0.15, 0.2) is 5.96 Å². The second-order valence-corrected chi connectivity index (χ2v) is 8.68. The molecule has 6 nitrogen and oxygen atoms in total. The van der Waals surface area contributed by atoms with Crippen molar-refractivity contribution in [2.45, 2.75) is 64.3 Å². The van der Waals surface area contributed by atoms with Gasteiger partial charge in [0.1, 0.15) is 0 Å². The highest BCUT2D eigenvalue weighted by Gasteiger charge is 2.32. The molecule has 2 aliphatic rings. The van der Waals surface area contributed by atoms with E-state index in [0.717, 1.165) is 69.8 Å². The minimum absolute atomic E-state index is 0.280. The zero-order chi connectivity index (χ0) is 19.1. The van der Waals surface area contributed by atoms with Gasteiger partial charge in [-0.15, -0.1) is 11.3 Å². The molecule has 1 atom stereocenters. The topological polar surface area (TPSA) is 69.6 Å². The van der Waals surface area contributed by atoms with Crippen molar-refractivity contribution in [3.05, 3.63) is 16.1 Å². The molecule has 1 aromatic heterocycles. The van der Waals surface area contributed by atoms with Gasteiger partial charge in [-0.2, -0.15) is 0 Å². The van der Waals surface area contributed by atoms with Crippen LogP contribution in [0.4, 0.5) is 0 Å². The molecule has 1 saturated carbocycles. The SMILES string of the molecule is CN=C(NCCCCc1nc(C)cs1)NC1CCN(C(=O)C2CCCC2)C1. The molecule has 2 fully saturated rings. The van der Waals surface area contributed by atoms with Crippen LogP contribution >= 0.6 is 11.3 Å². The maximum absolute atomic E-state index is 12.6. The lowest BCUT2D eigenvalue weighted by molar-refractivity contribution is -0.134. The number of carbonyl (C=O) groups excluding carboxylic acids is 1. The lowest BCUT2D eigenvalue weighted by atomic mass is 10.1. The van der Waals surface area contributed by atoms with Gasteiger partial charge in [0.05, 0.1) is 5.01 Å². The molecule has 0 radical (unpaired) electrons. The van der Waals surface area contributed by atoms with Crippen molar-refractivity contribution in [3.63, 3.8) is 0 Å². The molecule has 0 spiro atoms. The van der Waals surface area contributed by atoms with E-state index in [9.17, 15) is 4.79 Å². The average molecular weight is 392 g/mol. The number of nitrogens with zero attached hydrogens (tertiary/aromatic N) is 3. The van der Waals surface area contributed by atoms with Crippen molar-refractivity contribution >= 4 is 23.2 Å². The highest BCUT2D eigenvalue weighted by Crippen LogP contribution is 2.27. The van der Waals surface area contributed by atoms with Crippen molar-refractivity contribution in [3.8, 4) is 0 Å². The first kappa shape index (κ1) is 20.1. The van der Waals surface area contributed by atoms with E-state index in [4.69, 9.17) is 0 Å². The number of hydrogen-bond donors (Lipinski definition) is 2. The second kappa shape index (κ2) is 10.1. The van der Waals surface area contributed by atoms with E-state index in [1.807, 2.05) is 14.0 Å². The van der Waals surface area contributed by atoms with Crippen molar-refractivity contribution < 1.29 is 4.79 Å². The summed E-state index contributed by atoms with van der Waals surface area (Å²) in [5, 5.41) is 10.2. The summed E-state index contributed by atoms with van der Waals surface area (Å²) in [7, 11) is 1.81.